The average Bonchev–Trinajstić information content (AvgIpc) is 2.38. The van der Waals surface area contributed by atoms with Gasteiger partial charge >= 0.3 is 0 Å². The van der Waals surface area contributed by atoms with Crippen LogP contribution in [0.1, 0.15) is 12.8 Å². The van der Waals surface area contributed by atoms with Crippen LogP contribution in [-0.4, -0.2) is 34.4 Å². The Morgan fingerprint density at radius 2 is 1.76 bits per heavy atom. The van der Waals surface area contributed by atoms with Gasteiger partial charge in [0.05, 0.1) is 27.2 Å². The van der Waals surface area contributed by atoms with E-state index >= 15 is 0 Å². The molecule has 1 aromatic carbocycles. The summed E-state index contributed by atoms with van der Waals surface area (Å²) in [5.41, 5.74) is 5.61. The molecular weight excluding hydrogens is 359 g/mol. The number of rotatable bonds is 3. The summed E-state index contributed by atoms with van der Waals surface area (Å²) in [5, 5.41) is 0.0288. The number of hydrogen-bond acceptors (Lipinski definition) is 5. The first-order valence-electron chi connectivity index (χ1n) is 6.08. The average molecular weight is 373 g/mol. The maximum absolute atomic E-state index is 12.3. The summed E-state index contributed by atoms with van der Waals surface area (Å²) in [5.74, 6) is -0.0622. The molecular formula is C11H14Cl2N2O4S2. The topological polar surface area (TPSA) is 106 Å². The quantitative estimate of drug-likeness (QED) is 0.780. The Labute approximate surface area is 133 Å². The fraction of sp³-hybridized carbons (Fsp3) is 0.455. The highest BCUT2D eigenvalue weighted by Gasteiger charge is 2.29. The van der Waals surface area contributed by atoms with Gasteiger partial charge in [0.2, 0.25) is 10.0 Å². The Kier molecular flexibility index (Phi) is 4.75. The number of nitrogen functional groups attached to an aromatic ring is 1. The van der Waals surface area contributed by atoms with Gasteiger partial charge in [-0.3, -0.25) is 0 Å². The molecule has 0 bridgehead atoms. The van der Waals surface area contributed by atoms with Crippen molar-refractivity contribution >= 4 is 48.7 Å². The van der Waals surface area contributed by atoms with Crippen molar-refractivity contribution in [3.05, 3.63) is 22.2 Å². The number of nitrogens with two attached hydrogens (primary N) is 1. The second-order valence-electron chi connectivity index (χ2n) is 4.82. The fourth-order valence-corrected chi connectivity index (χ4v) is 5.61. The standard InChI is InChI=1S/C11H14Cl2N2O4S2/c12-8-1-2-9(10(13)11(8)14)21(18,19)15-7-3-5-20(16,17)6-4-7/h1-2,7,15H,3-6,14H2. The van der Waals surface area contributed by atoms with Crippen LogP contribution in [0.25, 0.3) is 0 Å². The predicted octanol–water partition coefficient (Wildman–Crippen LogP) is 1.43. The molecule has 3 N–H and O–H groups in total. The highest BCUT2D eigenvalue weighted by atomic mass is 35.5. The van der Waals surface area contributed by atoms with Gasteiger partial charge in [-0.05, 0) is 25.0 Å². The molecule has 0 aromatic heterocycles. The van der Waals surface area contributed by atoms with Crippen LogP contribution in [0.2, 0.25) is 10.0 Å². The molecule has 0 spiro atoms. The smallest absolute Gasteiger partial charge is 0.242 e. The first-order valence-corrected chi connectivity index (χ1v) is 10.1. The Bertz CT molecular complexity index is 749. The highest BCUT2D eigenvalue weighted by Crippen LogP contribution is 2.33. The van der Waals surface area contributed by atoms with Crippen LogP contribution < -0.4 is 10.5 Å². The lowest BCUT2D eigenvalue weighted by Crippen LogP contribution is -2.40. The van der Waals surface area contributed by atoms with Crippen molar-refractivity contribution in [1.82, 2.24) is 4.72 Å². The zero-order chi connectivity index (χ0) is 15.8. The first-order chi connectivity index (χ1) is 9.62. The zero-order valence-electron chi connectivity index (χ0n) is 10.8. The van der Waals surface area contributed by atoms with Crippen LogP contribution in [0.15, 0.2) is 17.0 Å². The van der Waals surface area contributed by atoms with E-state index in [9.17, 15) is 16.8 Å². The number of sulfonamides is 1. The van der Waals surface area contributed by atoms with Crippen molar-refractivity contribution < 1.29 is 16.8 Å². The van der Waals surface area contributed by atoms with E-state index in [0.717, 1.165) is 0 Å². The lowest BCUT2D eigenvalue weighted by Gasteiger charge is -2.23. The Hall–Kier alpha value is -0.540. The molecule has 0 radical (unpaired) electrons. The second-order valence-corrected chi connectivity index (χ2v) is 9.59. The second kappa shape index (κ2) is 5.92. The number of nitrogens with one attached hydrogen (secondary N) is 1. The maximum Gasteiger partial charge on any atom is 0.242 e. The normalized spacial score (nSPS) is 19.5. The fourth-order valence-electron chi connectivity index (χ4n) is 2.05. The summed E-state index contributed by atoms with van der Waals surface area (Å²) in [6.45, 7) is 0. The minimum atomic E-state index is -3.88. The molecule has 1 aliphatic rings. The maximum atomic E-state index is 12.3. The van der Waals surface area contributed by atoms with Gasteiger partial charge in [-0.1, -0.05) is 23.2 Å². The van der Waals surface area contributed by atoms with Crippen LogP contribution in [0.4, 0.5) is 5.69 Å². The van der Waals surface area contributed by atoms with Gasteiger partial charge in [-0.2, -0.15) is 0 Å². The van der Waals surface area contributed by atoms with Crippen molar-refractivity contribution in [2.75, 3.05) is 17.2 Å². The van der Waals surface area contributed by atoms with E-state index < -0.39 is 25.9 Å². The monoisotopic (exact) mass is 372 g/mol. The molecule has 1 saturated heterocycles. The largest absolute Gasteiger partial charge is 0.396 e. The summed E-state index contributed by atoms with van der Waals surface area (Å²) in [4.78, 5) is -0.167. The van der Waals surface area contributed by atoms with E-state index in [0.29, 0.717) is 0 Å². The highest BCUT2D eigenvalue weighted by molar-refractivity contribution is 7.91. The molecule has 0 amide bonds. The number of sulfone groups is 1. The summed E-state index contributed by atoms with van der Waals surface area (Å²) in [6.07, 6.45) is 0.477. The molecule has 1 fully saturated rings. The van der Waals surface area contributed by atoms with E-state index in [1.807, 2.05) is 0 Å². The Morgan fingerprint density at radius 3 is 2.33 bits per heavy atom. The van der Waals surface area contributed by atoms with Crippen LogP contribution in [-0.2, 0) is 19.9 Å². The van der Waals surface area contributed by atoms with Crippen molar-refractivity contribution in [2.45, 2.75) is 23.8 Å². The van der Waals surface area contributed by atoms with Crippen LogP contribution in [0.5, 0.6) is 0 Å². The third kappa shape index (κ3) is 3.81. The van der Waals surface area contributed by atoms with Gasteiger partial charge in [0.1, 0.15) is 14.7 Å². The van der Waals surface area contributed by atoms with E-state index in [2.05, 4.69) is 4.72 Å². The molecule has 10 heteroatoms. The lowest BCUT2D eigenvalue weighted by molar-refractivity contribution is 0.505. The van der Waals surface area contributed by atoms with Gasteiger partial charge in [-0.15, -0.1) is 0 Å². The molecule has 6 nitrogen and oxygen atoms in total. The van der Waals surface area contributed by atoms with Gasteiger partial charge in [0, 0.05) is 6.04 Å². The SMILES string of the molecule is Nc1c(Cl)ccc(S(=O)(=O)NC2CCS(=O)(=O)CC2)c1Cl. The van der Waals surface area contributed by atoms with Crippen LogP contribution >= 0.6 is 23.2 Å². The minimum Gasteiger partial charge on any atom is -0.396 e. The van der Waals surface area contributed by atoms with Crippen LogP contribution in [0.3, 0.4) is 0 Å². The molecule has 1 heterocycles. The summed E-state index contributed by atoms with van der Waals surface area (Å²) in [7, 11) is -6.94. The zero-order valence-corrected chi connectivity index (χ0v) is 14.0. The van der Waals surface area contributed by atoms with Gasteiger partial charge in [0.25, 0.3) is 0 Å². The minimum absolute atomic E-state index is 0.00701. The molecule has 118 valence electrons. The van der Waals surface area contributed by atoms with Gasteiger partial charge in [0.15, 0.2) is 0 Å². The first kappa shape index (κ1) is 16.8. The van der Waals surface area contributed by atoms with E-state index in [-0.39, 0.29) is 45.0 Å². The molecule has 1 aliphatic heterocycles. The lowest BCUT2D eigenvalue weighted by atomic mass is 10.2. The number of benzene rings is 1. The molecule has 0 saturated carbocycles. The third-order valence-corrected chi connectivity index (χ3v) is 7.38. The molecule has 21 heavy (non-hydrogen) atoms. The van der Waals surface area contributed by atoms with Crippen molar-refractivity contribution in [3.8, 4) is 0 Å². The molecule has 2 rings (SSSR count). The van der Waals surface area contributed by atoms with Crippen molar-refractivity contribution in [2.24, 2.45) is 0 Å². The Morgan fingerprint density at radius 1 is 1.19 bits per heavy atom. The summed E-state index contributed by atoms with van der Waals surface area (Å²) < 4.78 is 49.7. The molecule has 0 unspecified atom stereocenters. The van der Waals surface area contributed by atoms with Crippen LogP contribution in [0, 0.1) is 0 Å². The molecule has 1 aromatic rings. The van der Waals surface area contributed by atoms with Gasteiger partial charge < -0.3 is 5.73 Å². The molecule has 0 atom stereocenters. The van der Waals surface area contributed by atoms with Crippen molar-refractivity contribution in [1.29, 1.82) is 0 Å². The van der Waals surface area contributed by atoms with E-state index in [4.69, 9.17) is 28.9 Å². The van der Waals surface area contributed by atoms with E-state index in [1.54, 1.807) is 0 Å². The number of anilines is 1. The number of halogens is 2. The predicted molar refractivity (Wildman–Crippen MR) is 82.9 cm³/mol. The van der Waals surface area contributed by atoms with Gasteiger partial charge in [-0.25, -0.2) is 21.6 Å². The number of hydrogen-bond donors (Lipinski definition) is 2. The third-order valence-electron chi connectivity index (χ3n) is 3.26. The van der Waals surface area contributed by atoms with Crippen molar-refractivity contribution in [3.63, 3.8) is 0 Å². The summed E-state index contributed by atoms with van der Waals surface area (Å²) >= 11 is 11.7. The Balaban J connectivity index is 2.22. The van der Waals surface area contributed by atoms with E-state index in [1.165, 1.54) is 12.1 Å². The molecule has 0 aliphatic carbocycles. The summed E-state index contributed by atoms with van der Waals surface area (Å²) in [6, 6.07) is 2.18.